The molecule has 1 amide bonds. The fourth-order valence-electron chi connectivity index (χ4n) is 3.15. The summed E-state index contributed by atoms with van der Waals surface area (Å²) < 4.78 is 0. The van der Waals surface area contributed by atoms with Crippen molar-refractivity contribution in [3.05, 3.63) is 0 Å². The van der Waals surface area contributed by atoms with Crippen LogP contribution in [0.2, 0.25) is 0 Å². The van der Waals surface area contributed by atoms with E-state index in [1.165, 1.54) is 4.90 Å². The van der Waals surface area contributed by atoms with E-state index in [0.717, 1.165) is 0 Å². The van der Waals surface area contributed by atoms with Crippen LogP contribution < -0.4 is 11.1 Å². The van der Waals surface area contributed by atoms with Crippen LogP contribution in [-0.4, -0.2) is 156 Å². The summed E-state index contributed by atoms with van der Waals surface area (Å²) in [4.78, 5) is 12.7. The maximum atomic E-state index is 11.3. The standard InChI is InChI=1S/C19H41N3O11/c1-2-10(19(20)33)21-4-3-5-22(6-11(25)15(29)17(31)13(27)8-23)7-12(26)16(30)18(32)14(28)9-24/h10-18,21,23-32H,2-9H2,1H3,(H2,20,33)/t10-,11-,12-,13+,14+,15+,16+,17+,18+/m0/s1. The molecule has 0 aliphatic rings. The fourth-order valence-corrected chi connectivity index (χ4v) is 3.15. The van der Waals surface area contributed by atoms with Gasteiger partial charge in [-0.1, -0.05) is 6.92 Å². The third-order valence-corrected chi connectivity index (χ3v) is 5.33. The van der Waals surface area contributed by atoms with E-state index in [1.54, 1.807) is 6.92 Å². The Labute approximate surface area is 192 Å². The molecule has 0 spiro atoms. The summed E-state index contributed by atoms with van der Waals surface area (Å²) in [6.45, 7) is -0.191. The van der Waals surface area contributed by atoms with Crippen LogP contribution in [0, 0.1) is 0 Å². The monoisotopic (exact) mass is 487 g/mol. The average molecular weight is 488 g/mol. The first-order chi connectivity index (χ1) is 15.4. The summed E-state index contributed by atoms with van der Waals surface area (Å²) in [6.07, 6.45) is -13.3. The molecule has 33 heavy (non-hydrogen) atoms. The molecule has 0 fully saturated rings. The Kier molecular flexibility index (Phi) is 16.1. The first kappa shape index (κ1) is 32.0. The predicted octanol–water partition coefficient (Wildman–Crippen LogP) is -6.60. The van der Waals surface area contributed by atoms with E-state index in [9.17, 15) is 45.6 Å². The molecular weight excluding hydrogens is 446 g/mol. The zero-order chi connectivity index (χ0) is 25.7. The highest BCUT2D eigenvalue weighted by Gasteiger charge is 2.34. The highest BCUT2D eigenvalue weighted by atomic mass is 16.4. The molecule has 0 aromatic carbocycles. The third-order valence-electron chi connectivity index (χ3n) is 5.33. The molecule has 0 aliphatic carbocycles. The van der Waals surface area contributed by atoms with Gasteiger partial charge in [-0.25, -0.2) is 0 Å². The fraction of sp³-hybridized carbons (Fsp3) is 0.947. The molecule has 0 bridgehead atoms. The third kappa shape index (κ3) is 11.3. The summed E-state index contributed by atoms with van der Waals surface area (Å²) in [5.41, 5.74) is 5.26. The lowest BCUT2D eigenvalue weighted by molar-refractivity contribution is -0.130. The number of aliphatic hydroxyl groups is 10. The summed E-state index contributed by atoms with van der Waals surface area (Å²) in [7, 11) is 0. The van der Waals surface area contributed by atoms with Crippen LogP contribution >= 0.6 is 0 Å². The van der Waals surface area contributed by atoms with Crippen molar-refractivity contribution < 1.29 is 55.9 Å². The minimum Gasteiger partial charge on any atom is -0.394 e. The van der Waals surface area contributed by atoms with Gasteiger partial charge in [0.2, 0.25) is 5.91 Å². The van der Waals surface area contributed by atoms with Crippen molar-refractivity contribution in [2.75, 3.05) is 39.4 Å². The van der Waals surface area contributed by atoms with E-state index < -0.39 is 74.0 Å². The minimum absolute atomic E-state index is 0.146. The molecule has 13 N–H and O–H groups in total. The van der Waals surface area contributed by atoms with Crippen molar-refractivity contribution in [2.45, 2.75) is 74.6 Å². The second-order valence-corrected chi connectivity index (χ2v) is 8.03. The number of hydrogen-bond acceptors (Lipinski definition) is 13. The van der Waals surface area contributed by atoms with Gasteiger partial charge in [0.25, 0.3) is 0 Å². The van der Waals surface area contributed by atoms with E-state index in [4.69, 9.17) is 15.9 Å². The van der Waals surface area contributed by atoms with Crippen LogP contribution in [0.5, 0.6) is 0 Å². The van der Waals surface area contributed by atoms with Gasteiger partial charge in [-0.15, -0.1) is 0 Å². The Morgan fingerprint density at radius 3 is 1.52 bits per heavy atom. The lowest BCUT2D eigenvalue weighted by Gasteiger charge is -2.33. The number of aliphatic hydroxyl groups excluding tert-OH is 10. The molecule has 0 saturated heterocycles. The summed E-state index contributed by atoms with van der Waals surface area (Å²) in [6, 6.07) is -0.552. The summed E-state index contributed by atoms with van der Waals surface area (Å²) in [5.74, 6) is -0.528. The van der Waals surface area contributed by atoms with Crippen LogP contribution in [0.4, 0.5) is 0 Å². The first-order valence-electron chi connectivity index (χ1n) is 10.8. The van der Waals surface area contributed by atoms with E-state index in [-0.39, 0.29) is 19.6 Å². The zero-order valence-corrected chi connectivity index (χ0v) is 18.8. The number of carbonyl (C=O) groups is 1. The normalized spacial score (nSPS) is 20.5. The quantitative estimate of drug-likeness (QED) is 0.0757. The van der Waals surface area contributed by atoms with Crippen molar-refractivity contribution >= 4 is 5.91 Å². The number of carbonyl (C=O) groups excluding carboxylic acids is 1. The number of amides is 1. The molecule has 0 saturated carbocycles. The van der Waals surface area contributed by atoms with Gasteiger partial charge >= 0.3 is 0 Å². The van der Waals surface area contributed by atoms with E-state index in [1.807, 2.05) is 0 Å². The molecule has 14 heteroatoms. The van der Waals surface area contributed by atoms with Gasteiger partial charge in [-0.3, -0.25) is 9.69 Å². The molecule has 0 heterocycles. The molecule has 0 unspecified atom stereocenters. The average Bonchev–Trinajstić information content (AvgIpc) is 2.80. The Bertz CT molecular complexity index is 503. The maximum Gasteiger partial charge on any atom is 0.234 e. The molecular formula is C19H41N3O11. The Morgan fingerprint density at radius 1 is 0.788 bits per heavy atom. The Morgan fingerprint density at radius 2 is 1.18 bits per heavy atom. The topological polar surface area (TPSA) is 261 Å². The van der Waals surface area contributed by atoms with Crippen LogP contribution in [0.1, 0.15) is 19.8 Å². The van der Waals surface area contributed by atoms with Gasteiger partial charge in [0.15, 0.2) is 0 Å². The largest absolute Gasteiger partial charge is 0.394 e. The lowest BCUT2D eigenvalue weighted by Crippen LogP contribution is -2.53. The molecule has 0 aromatic rings. The summed E-state index contributed by atoms with van der Waals surface area (Å²) >= 11 is 0. The van der Waals surface area contributed by atoms with Crippen molar-refractivity contribution in [3.8, 4) is 0 Å². The number of hydrogen-bond donors (Lipinski definition) is 12. The van der Waals surface area contributed by atoms with Crippen molar-refractivity contribution in [1.82, 2.24) is 10.2 Å². The van der Waals surface area contributed by atoms with Crippen molar-refractivity contribution in [3.63, 3.8) is 0 Å². The van der Waals surface area contributed by atoms with E-state index >= 15 is 0 Å². The molecule has 9 atom stereocenters. The van der Waals surface area contributed by atoms with Gasteiger partial charge in [0.1, 0.15) is 36.6 Å². The first-order valence-corrected chi connectivity index (χ1v) is 10.8. The number of nitrogens with two attached hydrogens (primary N) is 1. The smallest absolute Gasteiger partial charge is 0.234 e. The molecule has 198 valence electrons. The van der Waals surface area contributed by atoms with Crippen LogP contribution in [0.25, 0.3) is 0 Å². The second-order valence-electron chi connectivity index (χ2n) is 8.03. The Balaban J connectivity index is 5.16. The number of nitrogens with zero attached hydrogens (tertiary/aromatic N) is 1. The molecule has 0 rings (SSSR count). The second kappa shape index (κ2) is 16.6. The Hall–Kier alpha value is -1.01. The van der Waals surface area contributed by atoms with Crippen molar-refractivity contribution in [2.24, 2.45) is 5.73 Å². The van der Waals surface area contributed by atoms with Gasteiger partial charge in [-0.05, 0) is 25.9 Å². The highest BCUT2D eigenvalue weighted by Crippen LogP contribution is 2.11. The van der Waals surface area contributed by atoms with Gasteiger partial charge < -0.3 is 62.1 Å². The van der Waals surface area contributed by atoms with Crippen LogP contribution in [-0.2, 0) is 4.79 Å². The number of primary amides is 1. The number of nitrogens with one attached hydrogen (secondary N) is 1. The predicted molar refractivity (Wildman–Crippen MR) is 115 cm³/mol. The number of rotatable bonds is 19. The SMILES string of the molecule is CC[C@H](NCCCN(C[C@H](O)[C@@H](O)[C@H](O)[C@H](O)CO)C[C@H](O)[C@@H](O)[C@H](O)[C@H](O)CO)C(N)=O. The highest BCUT2D eigenvalue weighted by molar-refractivity contribution is 5.79. The van der Waals surface area contributed by atoms with E-state index in [0.29, 0.717) is 19.4 Å². The minimum atomic E-state index is -1.86. The summed E-state index contributed by atoms with van der Waals surface area (Å²) in [5, 5.41) is 99.8. The maximum absolute atomic E-state index is 11.3. The molecule has 14 nitrogen and oxygen atoms in total. The van der Waals surface area contributed by atoms with Crippen LogP contribution in [0.15, 0.2) is 0 Å². The molecule has 0 radical (unpaired) electrons. The van der Waals surface area contributed by atoms with Gasteiger partial charge in [-0.2, -0.15) is 0 Å². The van der Waals surface area contributed by atoms with Gasteiger partial charge in [0, 0.05) is 13.1 Å². The molecule has 0 aliphatic heterocycles. The zero-order valence-electron chi connectivity index (χ0n) is 18.8. The van der Waals surface area contributed by atoms with Gasteiger partial charge in [0.05, 0.1) is 31.5 Å². The van der Waals surface area contributed by atoms with Crippen molar-refractivity contribution in [1.29, 1.82) is 0 Å². The lowest BCUT2D eigenvalue weighted by atomic mass is 10.0. The molecule has 0 aromatic heterocycles. The van der Waals surface area contributed by atoms with E-state index in [2.05, 4.69) is 5.32 Å². The van der Waals surface area contributed by atoms with Crippen LogP contribution in [0.3, 0.4) is 0 Å².